The van der Waals surface area contributed by atoms with Crippen LogP contribution in [0.1, 0.15) is 23.8 Å². The van der Waals surface area contributed by atoms with Crippen LogP contribution in [0.5, 0.6) is 0 Å². The molecular weight excluding hydrogens is 196 g/mol. The van der Waals surface area contributed by atoms with Crippen molar-refractivity contribution in [3.05, 3.63) is 23.9 Å². The van der Waals surface area contributed by atoms with E-state index in [0.29, 0.717) is 18.8 Å². The lowest BCUT2D eigenvalue weighted by molar-refractivity contribution is 0.0690. The minimum absolute atomic E-state index is 0.00834. The average molecular weight is 210 g/mol. The third-order valence-electron chi connectivity index (χ3n) is 1.96. The van der Waals surface area contributed by atoms with Crippen molar-refractivity contribution in [2.24, 2.45) is 0 Å². The topological polar surface area (TPSA) is 82.5 Å². The molecule has 0 unspecified atom stereocenters. The lowest BCUT2D eigenvalue weighted by Gasteiger charge is -2.09. The number of hydrogen-bond donors (Lipinski definition) is 3. The first kappa shape index (κ1) is 11.5. The van der Waals surface area contributed by atoms with E-state index in [-0.39, 0.29) is 5.69 Å². The highest BCUT2D eigenvalue weighted by atomic mass is 16.4. The number of carbonyl (C=O) groups is 1. The molecule has 0 saturated carbocycles. The van der Waals surface area contributed by atoms with Crippen LogP contribution in [0.3, 0.4) is 0 Å². The number of rotatable bonds is 5. The molecule has 0 fully saturated rings. The highest BCUT2D eigenvalue weighted by Gasteiger charge is 2.05. The average Bonchev–Trinajstić information content (AvgIpc) is 2.26. The van der Waals surface area contributed by atoms with Gasteiger partial charge in [0.15, 0.2) is 5.69 Å². The molecule has 0 amide bonds. The van der Waals surface area contributed by atoms with Crippen molar-refractivity contribution < 1.29 is 15.0 Å². The molecule has 1 heterocycles. The molecule has 1 aromatic rings. The number of aliphatic hydroxyl groups is 1. The van der Waals surface area contributed by atoms with Gasteiger partial charge < -0.3 is 15.5 Å². The second-order valence-electron chi connectivity index (χ2n) is 3.16. The zero-order chi connectivity index (χ0) is 11.3. The molecule has 0 aromatic carbocycles. The number of carboxylic acids is 1. The Kier molecular flexibility index (Phi) is 4.05. The lowest BCUT2D eigenvalue weighted by Crippen LogP contribution is -2.19. The summed E-state index contributed by atoms with van der Waals surface area (Å²) in [5, 5.41) is 20.9. The molecule has 0 aliphatic carbocycles. The maximum absolute atomic E-state index is 10.6. The van der Waals surface area contributed by atoms with Gasteiger partial charge in [0.25, 0.3) is 0 Å². The van der Waals surface area contributed by atoms with Crippen molar-refractivity contribution in [3.63, 3.8) is 0 Å². The molecule has 0 aliphatic rings. The van der Waals surface area contributed by atoms with Crippen LogP contribution < -0.4 is 5.32 Å². The molecule has 1 aromatic heterocycles. The van der Waals surface area contributed by atoms with Crippen LogP contribution in [0.4, 0.5) is 5.82 Å². The lowest BCUT2D eigenvalue weighted by atomic mass is 10.3. The molecule has 82 valence electrons. The number of hydrogen-bond acceptors (Lipinski definition) is 4. The van der Waals surface area contributed by atoms with Crippen molar-refractivity contribution in [3.8, 4) is 0 Å². The number of aromatic nitrogens is 1. The minimum Gasteiger partial charge on any atom is -0.477 e. The van der Waals surface area contributed by atoms with Gasteiger partial charge in [0.05, 0.1) is 6.10 Å². The Balaban J connectivity index is 2.62. The summed E-state index contributed by atoms with van der Waals surface area (Å²) in [5.74, 6) is -0.600. The van der Waals surface area contributed by atoms with Crippen molar-refractivity contribution in [1.82, 2.24) is 4.98 Å². The van der Waals surface area contributed by atoms with Crippen LogP contribution in [-0.4, -0.2) is 33.8 Å². The summed E-state index contributed by atoms with van der Waals surface area (Å²) in [4.78, 5) is 14.5. The van der Waals surface area contributed by atoms with Crippen molar-refractivity contribution in [2.75, 3.05) is 11.9 Å². The largest absolute Gasteiger partial charge is 0.477 e. The van der Waals surface area contributed by atoms with Gasteiger partial charge in [-0.2, -0.15) is 0 Å². The summed E-state index contributed by atoms with van der Waals surface area (Å²) in [5.41, 5.74) is -0.00834. The van der Waals surface area contributed by atoms with E-state index < -0.39 is 12.1 Å². The predicted molar refractivity (Wildman–Crippen MR) is 56.0 cm³/mol. The summed E-state index contributed by atoms with van der Waals surface area (Å²) < 4.78 is 0. The van der Waals surface area contributed by atoms with E-state index in [1.165, 1.54) is 6.07 Å². The Labute approximate surface area is 87.8 Å². The first-order valence-corrected chi connectivity index (χ1v) is 4.75. The molecule has 3 N–H and O–H groups in total. The van der Waals surface area contributed by atoms with E-state index in [4.69, 9.17) is 5.11 Å². The maximum Gasteiger partial charge on any atom is 0.354 e. The van der Waals surface area contributed by atoms with Gasteiger partial charge in [-0.25, -0.2) is 9.78 Å². The normalized spacial score (nSPS) is 12.1. The van der Waals surface area contributed by atoms with E-state index in [0.717, 1.165) is 0 Å². The van der Waals surface area contributed by atoms with E-state index >= 15 is 0 Å². The molecule has 5 nitrogen and oxygen atoms in total. The number of anilines is 1. The molecule has 0 saturated heterocycles. The van der Waals surface area contributed by atoms with Crippen LogP contribution in [-0.2, 0) is 0 Å². The van der Waals surface area contributed by atoms with Gasteiger partial charge in [-0.3, -0.25) is 0 Å². The van der Waals surface area contributed by atoms with Crippen LogP contribution in [0.25, 0.3) is 0 Å². The van der Waals surface area contributed by atoms with Crippen molar-refractivity contribution in [1.29, 1.82) is 0 Å². The van der Waals surface area contributed by atoms with Crippen LogP contribution in [0.15, 0.2) is 18.2 Å². The van der Waals surface area contributed by atoms with Gasteiger partial charge in [0.1, 0.15) is 5.82 Å². The molecule has 0 spiro atoms. The second kappa shape index (κ2) is 5.31. The SMILES string of the molecule is CC[C@H](O)CNc1cccc(C(=O)O)n1. The summed E-state index contributed by atoms with van der Waals surface area (Å²) in [6, 6.07) is 4.69. The van der Waals surface area contributed by atoms with Crippen molar-refractivity contribution >= 4 is 11.8 Å². The number of aromatic carboxylic acids is 1. The van der Waals surface area contributed by atoms with E-state index in [2.05, 4.69) is 10.3 Å². The van der Waals surface area contributed by atoms with Crippen molar-refractivity contribution in [2.45, 2.75) is 19.4 Å². The fraction of sp³-hybridized carbons (Fsp3) is 0.400. The van der Waals surface area contributed by atoms with E-state index in [9.17, 15) is 9.90 Å². The van der Waals surface area contributed by atoms with E-state index in [1.807, 2.05) is 6.92 Å². The second-order valence-corrected chi connectivity index (χ2v) is 3.16. The molecule has 0 radical (unpaired) electrons. The number of aliphatic hydroxyl groups excluding tert-OH is 1. The third kappa shape index (κ3) is 3.55. The maximum atomic E-state index is 10.6. The molecule has 1 rings (SSSR count). The zero-order valence-corrected chi connectivity index (χ0v) is 8.47. The molecule has 15 heavy (non-hydrogen) atoms. The Bertz CT molecular complexity index is 341. The number of carboxylic acid groups (broad SMARTS) is 1. The third-order valence-corrected chi connectivity index (χ3v) is 1.96. The van der Waals surface area contributed by atoms with Gasteiger partial charge in [-0.15, -0.1) is 0 Å². The Morgan fingerprint density at radius 1 is 1.60 bits per heavy atom. The highest BCUT2D eigenvalue weighted by molar-refractivity contribution is 5.85. The summed E-state index contributed by atoms with van der Waals surface area (Å²) >= 11 is 0. The summed E-state index contributed by atoms with van der Waals surface area (Å²) in [7, 11) is 0. The van der Waals surface area contributed by atoms with Crippen LogP contribution in [0, 0.1) is 0 Å². The Hall–Kier alpha value is -1.62. The highest BCUT2D eigenvalue weighted by Crippen LogP contribution is 2.05. The smallest absolute Gasteiger partial charge is 0.354 e. The van der Waals surface area contributed by atoms with Crippen LogP contribution in [0.2, 0.25) is 0 Å². The number of pyridine rings is 1. The van der Waals surface area contributed by atoms with E-state index in [1.54, 1.807) is 12.1 Å². The van der Waals surface area contributed by atoms with Crippen LogP contribution >= 0.6 is 0 Å². The standard InChI is InChI=1S/C10H14N2O3/c1-2-7(13)6-11-9-5-3-4-8(12-9)10(14)15/h3-5,7,13H,2,6H2,1H3,(H,11,12)(H,14,15)/t7-/m0/s1. The Morgan fingerprint density at radius 2 is 2.33 bits per heavy atom. The molecule has 1 atom stereocenters. The van der Waals surface area contributed by atoms with Gasteiger partial charge in [0.2, 0.25) is 0 Å². The zero-order valence-electron chi connectivity index (χ0n) is 8.47. The first-order chi connectivity index (χ1) is 7.13. The van der Waals surface area contributed by atoms with Gasteiger partial charge in [0, 0.05) is 6.54 Å². The van der Waals surface area contributed by atoms with Gasteiger partial charge in [-0.1, -0.05) is 13.0 Å². The fourth-order valence-corrected chi connectivity index (χ4v) is 1.02. The number of nitrogens with one attached hydrogen (secondary N) is 1. The number of nitrogens with zero attached hydrogens (tertiary/aromatic N) is 1. The molecule has 0 aliphatic heterocycles. The first-order valence-electron chi connectivity index (χ1n) is 4.75. The molecule has 5 heteroatoms. The minimum atomic E-state index is -1.06. The monoisotopic (exact) mass is 210 g/mol. The van der Waals surface area contributed by atoms with Gasteiger partial charge in [-0.05, 0) is 18.6 Å². The quantitative estimate of drug-likeness (QED) is 0.674. The molecular formula is C10H14N2O3. The fourth-order valence-electron chi connectivity index (χ4n) is 1.02. The Morgan fingerprint density at radius 3 is 2.93 bits per heavy atom. The predicted octanol–water partition coefficient (Wildman–Crippen LogP) is 0.963. The molecule has 0 bridgehead atoms. The summed E-state index contributed by atoms with van der Waals surface area (Å²) in [6.45, 7) is 2.24. The summed E-state index contributed by atoms with van der Waals surface area (Å²) in [6.07, 6.45) is 0.200. The van der Waals surface area contributed by atoms with Gasteiger partial charge >= 0.3 is 5.97 Å².